The first-order valence-corrected chi connectivity index (χ1v) is 10.1. The fourth-order valence-corrected chi connectivity index (χ4v) is 3.87. The fraction of sp³-hybridized carbons (Fsp3) is 0.500. The molecule has 1 aliphatic heterocycles. The predicted octanol–water partition coefficient (Wildman–Crippen LogP) is 2.06. The molecule has 1 heterocycles. The Balaban J connectivity index is 2.68. The largest absolute Gasteiger partial charge is 0.465 e. The van der Waals surface area contributed by atoms with E-state index in [1.165, 1.54) is 38.3 Å². The lowest BCUT2D eigenvalue weighted by Gasteiger charge is -2.49. The molecule has 12 nitrogen and oxygen atoms in total. The number of thiol groups is 1. The van der Waals surface area contributed by atoms with Crippen LogP contribution in [0.2, 0.25) is 0 Å². The number of carbonyl (C=O) groups is 4. The summed E-state index contributed by atoms with van der Waals surface area (Å²) in [5, 5.41) is 3.69. The first-order chi connectivity index (χ1) is 15.5. The molecule has 5 atom stereocenters. The van der Waals surface area contributed by atoms with Crippen LogP contribution in [0.4, 0.5) is 0 Å². The van der Waals surface area contributed by atoms with E-state index < -0.39 is 59.8 Å². The molecule has 1 fully saturated rings. The van der Waals surface area contributed by atoms with Crippen LogP contribution >= 0.6 is 12.6 Å². The Morgan fingerprint density at radius 3 is 2.36 bits per heavy atom. The second kappa shape index (κ2) is 11.0. The van der Waals surface area contributed by atoms with Crippen LogP contribution in [-0.4, -0.2) is 61.9 Å². The Hall–Kier alpha value is -3.28. The Bertz CT molecular complexity index is 981. The molecule has 0 saturated carbocycles. The molecule has 33 heavy (non-hydrogen) atoms. The Kier molecular flexibility index (Phi) is 8.69. The summed E-state index contributed by atoms with van der Waals surface area (Å²) in [7, 11) is 1.21. The zero-order valence-corrected chi connectivity index (χ0v) is 19.2. The van der Waals surface area contributed by atoms with Crippen molar-refractivity contribution in [2.75, 3.05) is 13.7 Å². The van der Waals surface area contributed by atoms with E-state index in [2.05, 4.69) is 22.7 Å². The molecule has 1 aromatic rings. The highest BCUT2D eigenvalue weighted by Gasteiger charge is 2.57. The highest BCUT2D eigenvalue weighted by atomic mass is 32.1. The highest BCUT2D eigenvalue weighted by Crippen LogP contribution is 2.45. The van der Waals surface area contributed by atoms with E-state index >= 15 is 0 Å². The van der Waals surface area contributed by atoms with Gasteiger partial charge in [-0.05, 0) is 23.2 Å². The fourth-order valence-electron chi connectivity index (χ4n) is 3.39. The van der Waals surface area contributed by atoms with Crippen molar-refractivity contribution in [3.63, 3.8) is 0 Å². The van der Waals surface area contributed by atoms with Crippen LogP contribution in [0.1, 0.15) is 36.7 Å². The minimum Gasteiger partial charge on any atom is -0.465 e. The van der Waals surface area contributed by atoms with Crippen LogP contribution in [0.25, 0.3) is 10.4 Å². The number of benzene rings is 1. The normalized spacial score (nSPS) is 26.3. The first kappa shape index (κ1) is 26.0. The maximum absolute atomic E-state index is 12.0. The van der Waals surface area contributed by atoms with Gasteiger partial charge in [0, 0.05) is 25.7 Å². The summed E-state index contributed by atoms with van der Waals surface area (Å²) in [5.41, 5.74) is 9.57. The van der Waals surface area contributed by atoms with Gasteiger partial charge < -0.3 is 23.7 Å². The summed E-state index contributed by atoms with van der Waals surface area (Å²) in [6.45, 7) is 3.03. The Morgan fingerprint density at radius 1 is 1.15 bits per heavy atom. The van der Waals surface area contributed by atoms with E-state index in [0.717, 1.165) is 13.8 Å². The van der Waals surface area contributed by atoms with Crippen molar-refractivity contribution >= 4 is 36.5 Å². The van der Waals surface area contributed by atoms with Gasteiger partial charge in [0.05, 0.1) is 12.7 Å². The number of hydrogen-bond acceptors (Lipinski definition) is 11. The minimum atomic E-state index is -1.81. The van der Waals surface area contributed by atoms with Crippen molar-refractivity contribution in [3.8, 4) is 0 Å². The van der Waals surface area contributed by atoms with Crippen LogP contribution < -0.4 is 0 Å². The Labute approximate surface area is 194 Å². The summed E-state index contributed by atoms with van der Waals surface area (Å²) in [6, 6.07) is 4.63. The number of carbonyl (C=O) groups excluding carboxylic acids is 4. The third kappa shape index (κ3) is 6.15. The van der Waals surface area contributed by atoms with Gasteiger partial charge in [0.2, 0.25) is 0 Å². The van der Waals surface area contributed by atoms with Gasteiger partial charge in [-0.1, -0.05) is 17.2 Å². The number of rotatable bonds is 7. The van der Waals surface area contributed by atoms with E-state index in [1.54, 1.807) is 0 Å². The molecule has 0 spiro atoms. The molecule has 1 aromatic carbocycles. The van der Waals surface area contributed by atoms with E-state index in [-0.39, 0.29) is 11.1 Å². The monoisotopic (exact) mass is 481 g/mol. The summed E-state index contributed by atoms with van der Waals surface area (Å²) in [4.78, 5) is 48.1. The molecule has 13 heteroatoms. The van der Waals surface area contributed by atoms with Crippen molar-refractivity contribution in [3.05, 3.63) is 45.8 Å². The third-order valence-corrected chi connectivity index (χ3v) is 5.28. The van der Waals surface area contributed by atoms with Gasteiger partial charge in [-0.2, -0.15) is 0 Å². The van der Waals surface area contributed by atoms with E-state index in [9.17, 15) is 24.7 Å². The zero-order chi connectivity index (χ0) is 24.8. The zero-order valence-electron chi connectivity index (χ0n) is 18.3. The van der Waals surface area contributed by atoms with Crippen molar-refractivity contribution in [2.24, 2.45) is 5.11 Å². The van der Waals surface area contributed by atoms with Crippen molar-refractivity contribution < 1.29 is 42.9 Å². The lowest BCUT2D eigenvalue weighted by atomic mass is 9.88. The molecule has 178 valence electrons. The lowest BCUT2D eigenvalue weighted by molar-refractivity contribution is -0.229. The number of methoxy groups -OCH3 is 1. The lowest BCUT2D eigenvalue weighted by Crippen LogP contribution is -2.63. The van der Waals surface area contributed by atoms with E-state index in [0.29, 0.717) is 0 Å². The summed E-state index contributed by atoms with van der Waals surface area (Å²) >= 11 is 4.63. The molecule has 2 rings (SSSR count). The topological polar surface area (TPSA) is 163 Å². The predicted molar refractivity (Wildman–Crippen MR) is 114 cm³/mol. The van der Waals surface area contributed by atoms with Gasteiger partial charge in [0.1, 0.15) is 24.9 Å². The van der Waals surface area contributed by atoms with Gasteiger partial charge in [-0.3, -0.25) is 14.4 Å². The van der Waals surface area contributed by atoms with Gasteiger partial charge in [0.25, 0.3) is 0 Å². The first-order valence-electron chi connectivity index (χ1n) is 9.64. The van der Waals surface area contributed by atoms with Crippen LogP contribution in [0, 0.1) is 0 Å². The van der Waals surface area contributed by atoms with E-state index in [4.69, 9.17) is 23.7 Å². The SMILES string of the molecule is COC(=O)c1cccc(C2(S)O[C@H](COC(C)=O)[C@H](OC(C)=O)[C@H](N=[N+]=[N-])[C@H]2OC(C)=O)c1. The second-order valence-corrected chi connectivity index (χ2v) is 7.69. The van der Waals surface area contributed by atoms with Gasteiger partial charge in [0.15, 0.2) is 11.0 Å². The summed E-state index contributed by atoms with van der Waals surface area (Å²) in [6.07, 6.45) is -3.86. The summed E-state index contributed by atoms with van der Waals surface area (Å²) < 4.78 is 26.6. The molecule has 0 N–H and O–H groups in total. The molecule has 1 aliphatic rings. The van der Waals surface area contributed by atoms with Crippen LogP contribution in [0.5, 0.6) is 0 Å². The van der Waals surface area contributed by atoms with Crippen LogP contribution in [-0.2, 0) is 43.0 Å². The molecule has 1 saturated heterocycles. The smallest absolute Gasteiger partial charge is 0.337 e. The maximum atomic E-state index is 12.0. The number of azide groups is 1. The maximum Gasteiger partial charge on any atom is 0.337 e. The molecule has 0 amide bonds. The Morgan fingerprint density at radius 2 is 1.82 bits per heavy atom. The average Bonchev–Trinajstić information content (AvgIpc) is 2.76. The van der Waals surface area contributed by atoms with Crippen molar-refractivity contribution in [1.29, 1.82) is 0 Å². The molecule has 0 aromatic heterocycles. The van der Waals surface area contributed by atoms with Gasteiger partial charge in [-0.25, -0.2) is 4.79 Å². The number of nitrogens with zero attached hydrogens (tertiary/aromatic N) is 3. The van der Waals surface area contributed by atoms with Crippen molar-refractivity contribution in [2.45, 2.75) is 50.1 Å². The number of ether oxygens (including phenoxy) is 5. The molecule has 0 bridgehead atoms. The van der Waals surface area contributed by atoms with Crippen LogP contribution in [0.3, 0.4) is 0 Å². The second-order valence-electron chi connectivity index (χ2n) is 7.03. The summed E-state index contributed by atoms with van der Waals surface area (Å²) in [5.74, 6) is -2.78. The standard InChI is InChI=1S/C20H23N3O9S/c1-10(24)29-9-15-17(30-11(2)25)16(22-23-21)18(31-12(3)26)20(33,32-15)14-7-5-6-13(8-14)19(27)28-4/h5-8,15-18,33H,9H2,1-4H3/t15-,16+,17+,18-,20?/m1/s1. The quantitative estimate of drug-likeness (QED) is 0.153. The molecular formula is C20H23N3O9S. The third-order valence-electron chi connectivity index (χ3n) is 4.66. The number of esters is 4. The molecule has 1 unspecified atom stereocenters. The minimum absolute atomic E-state index is 0.146. The van der Waals surface area contributed by atoms with Crippen LogP contribution in [0.15, 0.2) is 29.4 Å². The van der Waals surface area contributed by atoms with Gasteiger partial charge >= 0.3 is 23.9 Å². The molecule has 0 aliphatic carbocycles. The molecule has 0 radical (unpaired) electrons. The molecular weight excluding hydrogens is 458 g/mol. The van der Waals surface area contributed by atoms with Gasteiger partial charge in [-0.15, -0.1) is 12.6 Å². The number of hydrogen-bond donors (Lipinski definition) is 1. The van der Waals surface area contributed by atoms with Crippen molar-refractivity contribution in [1.82, 2.24) is 0 Å². The van der Waals surface area contributed by atoms with E-state index in [1.807, 2.05) is 0 Å². The highest BCUT2D eigenvalue weighted by molar-refractivity contribution is 7.81. The average molecular weight is 481 g/mol.